The summed E-state index contributed by atoms with van der Waals surface area (Å²) in [6.07, 6.45) is 1.67. The quantitative estimate of drug-likeness (QED) is 0.285. The van der Waals surface area contributed by atoms with Crippen LogP contribution in [0.15, 0.2) is 64.6 Å². The summed E-state index contributed by atoms with van der Waals surface area (Å²) >= 11 is 13.3. The number of carbonyl (C=O) groups excluding carboxylic acids is 1. The van der Waals surface area contributed by atoms with Crippen LogP contribution < -0.4 is 5.43 Å². The zero-order chi connectivity index (χ0) is 21.0. The monoisotopic (exact) mass is 445 g/mol. The van der Waals surface area contributed by atoms with Crippen LogP contribution in [-0.2, 0) is 4.79 Å². The first-order chi connectivity index (χ1) is 13.8. The van der Waals surface area contributed by atoms with E-state index in [1.165, 1.54) is 11.8 Å². The molecule has 2 aromatic carbocycles. The molecule has 0 saturated carbocycles. The molecule has 0 radical (unpaired) electrons. The van der Waals surface area contributed by atoms with Gasteiger partial charge in [0.15, 0.2) is 0 Å². The molecule has 1 N–H and O–H groups in total. The Morgan fingerprint density at radius 1 is 1.07 bits per heavy atom. The zero-order valence-corrected chi connectivity index (χ0v) is 18.6. The molecule has 0 aliphatic carbocycles. The number of amides is 1. The van der Waals surface area contributed by atoms with Crippen LogP contribution in [0.5, 0.6) is 0 Å². The number of nitrogens with one attached hydrogen (secondary N) is 1. The number of nitrogens with zero attached hydrogens (tertiary/aromatic N) is 2. The van der Waals surface area contributed by atoms with E-state index in [9.17, 15) is 4.79 Å². The highest BCUT2D eigenvalue weighted by molar-refractivity contribution is 8.00. The summed E-state index contributed by atoms with van der Waals surface area (Å²) in [5.74, 6) is -0.160. The lowest BCUT2D eigenvalue weighted by Gasteiger charge is -2.10. The van der Waals surface area contributed by atoms with E-state index >= 15 is 0 Å². The maximum absolute atomic E-state index is 12.3. The molecule has 0 aliphatic heterocycles. The SMILES string of the molecule is Cc1cc(/C=N\NC(=O)[C@H](C)Sc2ccc(Cl)cc2)c(C)n1-c1ccc(Cl)cc1. The minimum Gasteiger partial charge on any atom is -0.318 e. The number of aromatic nitrogens is 1. The third-order valence-corrected chi connectivity index (χ3v) is 6.05. The molecular weight excluding hydrogens is 425 g/mol. The maximum atomic E-state index is 12.3. The fourth-order valence-electron chi connectivity index (χ4n) is 2.93. The topological polar surface area (TPSA) is 46.4 Å². The van der Waals surface area contributed by atoms with Crippen LogP contribution in [-0.4, -0.2) is 21.9 Å². The fraction of sp³-hybridized carbons (Fsp3) is 0.182. The second kappa shape index (κ2) is 9.53. The fourth-order valence-corrected chi connectivity index (χ4v) is 4.05. The Morgan fingerprint density at radius 3 is 2.28 bits per heavy atom. The van der Waals surface area contributed by atoms with Gasteiger partial charge in [-0.3, -0.25) is 4.79 Å². The molecule has 0 aliphatic rings. The summed E-state index contributed by atoms with van der Waals surface area (Å²) in [4.78, 5) is 13.3. The van der Waals surface area contributed by atoms with Gasteiger partial charge in [0, 0.05) is 37.6 Å². The molecule has 1 heterocycles. The Balaban J connectivity index is 1.65. The highest BCUT2D eigenvalue weighted by atomic mass is 35.5. The summed E-state index contributed by atoms with van der Waals surface area (Å²) in [5, 5.41) is 5.24. The van der Waals surface area contributed by atoms with Crippen molar-refractivity contribution in [1.29, 1.82) is 0 Å². The summed E-state index contributed by atoms with van der Waals surface area (Å²) in [7, 11) is 0. The van der Waals surface area contributed by atoms with E-state index in [2.05, 4.69) is 15.1 Å². The first kappa shape index (κ1) is 21.5. The largest absolute Gasteiger partial charge is 0.318 e. The number of hydrogen-bond acceptors (Lipinski definition) is 3. The summed E-state index contributed by atoms with van der Waals surface area (Å²) in [6, 6.07) is 17.1. The highest BCUT2D eigenvalue weighted by Gasteiger charge is 2.14. The minimum absolute atomic E-state index is 0.160. The molecule has 4 nitrogen and oxygen atoms in total. The summed E-state index contributed by atoms with van der Waals surface area (Å²) in [5.41, 5.74) is 6.70. The predicted molar refractivity (Wildman–Crippen MR) is 123 cm³/mol. The van der Waals surface area contributed by atoms with Gasteiger partial charge in [0.05, 0.1) is 11.5 Å². The van der Waals surface area contributed by atoms with E-state index in [1.807, 2.05) is 75.4 Å². The van der Waals surface area contributed by atoms with Crippen molar-refractivity contribution >= 4 is 47.1 Å². The molecule has 0 unspecified atom stereocenters. The van der Waals surface area contributed by atoms with Crippen LogP contribution in [0.4, 0.5) is 0 Å². The molecule has 150 valence electrons. The van der Waals surface area contributed by atoms with Gasteiger partial charge in [-0.05, 0) is 75.4 Å². The van der Waals surface area contributed by atoms with Gasteiger partial charge in [-0.15, -0.1) is 11.8 Å². The van der Waals surface area contributed by atoms with Gasteiger partial charge in [0.25, 0.3) is 5.91 Å². The predicted octanol–water partition coefficient (Wildman–Crippen LogP) is 6.03. The van der Waals surface area contributed by atoms with Crippen molar-refractivity contribution in [3.63, 3.8) is 0 Å². The molecule has 1 atom stereocenters. The number of halogens is 2. The van der Waals surface area contributed by atoms with E-state index in [-0.39, 0.29) is 11.2 Å². The lowest BCUT2D eigenvalue weighted by Crippen LogP contribution is -2.26. The van der Waals surface area contributed by atoms with Gasteiger partial charge in [-0.1, -0.05) is 23.2 Å². The Kier molecular flexibility index (Phi) is 7.06. The van der Waals surface area contributed by atoms with Crippen molar-refractivity contribution in [2.45, 2.75) is 30.9 Å². The third kappa shape index (κ3) is 5.44. The standard InChI is InChI=1S/C22H21Cl2N3OS/c1-14-12-17(15(2)27(14)20-8-4-18(23)5-9-20)13-25-26-22(28)16(3)29-21-10-6-19(24)7-11-21/h4-13,16H,1-3H3,(H,26,28)/b25-13-/t16-/m0/s1. The molecule has 3 rings (SSSR count). The van der Waals surface area contributed by atoms with Gasteiger partial charge in [-0.2, -0.15) is 5.10 Å². The molecule has 7 heteroatoms. The number of benzene rings is 2. The average Bonchev–Trinajstić information content (AvgIpc) is 2.97. The van der Waals surface area contributed by atoms with Crippen molar-refractivity contribution in [3.05, 3.63) is 81.6 Å². The van der Waals surface area contributed by atoms with E-state index < -0.39 is 0 Å². The van der Waals surface area contributed by atoms with Gasteiger partial charge >= 0.3 is 0 Å². The van der Waals surface area contributed by atoms with Crippen LogP contribution >= 0.6 is 35.0 Å². The van der Waals surface area contributed by atoms with Gasteiger partial charge in [0.1, 0.15) is 0 Å². The second-order valence-corrected chi connectivity index (χ2v) is 8.87. The molecule has 3 aromatic rings. The van der Waals surface area contributed by atoms with Crippen LogP contribution in [0.3, 0.4) is 0 Å². The van der Waals surface area contributed by atoms with Crippen molar-refractivity contribution in [2.24, 2.45) is 5.10 Å². The first-order valence-electron chi connectivity index (χ1n) is 9.05. The molecule has 1 amide bonds. The molecule has 0 spiro atoms. The lowest BCUT2D eigenvalue weighted by molar-refractivity contribution is -0.120. The van der Waals surface area contributed by atoms with E-state index in [0.29, 0.717) is 10.0 Å². The number of hydrogen-bond donors (Lipinski definition) is 1. The second-order valence-electron chi connectivity index (χ2n) is 6.59. The van der Waals surface area contributed by atoms with Gasteiger partial charge in [0.2, 0.25) is 0 Å². The zero-order valence-electron chi connectivity index (χ0n) is 16.3. The smallest absolute Gasteiger partial charge is 0.253 e. The third-order valence-electron chi connectivity index (χ3n) is 4.43. The normalized spacial score (nSPS) is 12.3. The Morgan fingerprint density at radius 2 is 1.66 bits per heavy atom. The first-order valence-corrected chi connectivity index (χ1v) is 10.7. The Labute approximate surface area is 184 Å². The van der Waals surface area contributed by atoms with Gasteiger partial charge < -0.3 is 4.57 Å². The molecule has 1 aromatic heterocycles. The number of rotatable bonds is 6. The number of aryl methyl sites for hydroxylation is 1. The molecule has 0 saturated heterocycles. The van der Waals surface area contributed by atoms with Crippen LogP contribution in [0, 0.1) is 13.8 Å². The van der Waals surface area contributed by atoms with E-state index in [4.69, 9.17) is 23.2 Å². The lowest BCUT2D eigenvalue weighted by atomic mass is 10.2. The number of thioether (sulfide) groups is 1. The Bertz CT molecular complexity index is 1030. The number of carbonyl (C=O) groups is 1. The van der Waals surface area contributed by atoms with E-state index in [0.717, 1.165) is 27.5 Å². The molecule has 0 bridgehead atoms. The summed E-state index contributed by atoms with van der Waals surface area (Å²) < 4.78 is 2.12. The Hall–Kier alpha value is -2.21. The summed E-state index contributed by atoms with van der Waals surface area (Å²) in [6.45, 7) is 5.89. The molecule has 0 fully saturated rings. The maximum Gasteiger partial charge on any atom is 0.253 e. The number of hydrazone groups is 1. The van der Waals surface area contributed by atoms with Crippen LogP contribution in [0.25, 0.3) is 5.69 Å². The van der Waals surface area contributed by atoms with Crippen LogP contribution in [0.2, 0.25) is 10.0 Å². The molecule has 29 heavy (non-hydrogen) atoms. The average molecular weight is 446 g/mol. The van der Waals surface area contributed by atoms with Crippen LogP contribution in [0.1, 0.15) is 23.9 Å². The van der Waals surface area contributed by atoms with Crippen molar-refractivity contribution < 1.29 is 4.79 Å². The highest BCUT2D eigenvalue weighted by Crippen LogP contribution is 2.25. The van der Waals surface area contributed by atoms with Crippen molar-refractivity contribution in [2.75, 3.05) is 0 Å². The van der Waals surface area contributed by atoms with E-state index in [1.54, 1.807) is 6.21 Å². The molecular formula is C22H21Cl2N3OS. The van der Waals surface area contributed by atoms with Gasteiger partial charge in [-0.25, -0.2) is 5.43 Å². The van der Waals surface area contributed by atoms with Crippen molar-refractivity contribution in [3.8, 4) is 5.69 Å². The van der Waals surface area contributed by atoms with Crippen molar-refractivity contribution in [1.82, 2.24) is 9.99 Å². The minimum atomic E-state index is -0.283.